The first kappa shape index (κ1) is 22.9. The predicted octanol–water partition coefficient (Wildman–Crippen LogP) is 3.36. The maximum absolute atomic E-state index is 14.3. The Hall–Kier alpha value is -1.81. The van der Waals surface area contributed by atoms with Gasteiger partial charge in [0.15, 0.2) is 0 Å². The van der Waals surface area contributed by atoms with E-state index in [1.54, 1.807) is 6.92 Å². The lowest BCUT2D eigenvalue weighted by Crippen LogP contribution is -2.44. The molecule has 0 radical (unpaired) electrons. The molecule has 1 saturated heterocycles. The minimum atomic E-state index is -3.80. The molecule has 2 aromatic carbocycles. The van der Waals surface area contributed by atoms with E-state index < -0.39 is 21.7 Å². The molecule has 0 aliphatic carbocycles. The van der Waals surface area contributed by atoms with Gasteiger partial charge in [-0.15, -0.1) is 0 Å². The molecule has 0 saturated carbocycles. The molecule has 0 spiro atoms. The molecule has 1 aliphatic heterocycles. The SMILES string of the molecule is CCNS(=O)(=O)c1ccc(F)c(C(=O)NCC2(c3cccc(Br)c3)CCOCC2)c1. The standard InChI is InChI=1S/C21H24BrFN2O4S/c1-2-25-30(27,28)17-6-7-19(23)18(13-17)20(26)24-14-21(8-10-29-11-9-21)15-4-3-5-16(22)12-15/h3-7,12-13,25H,2,8-11,14H2,1H3,(H,24,26). The van der Waals surface area contributed by atoms with Crippen LogP contribution in [0.5, 0.6) is 0 Å². The third-order valence-corrected chi connectivity index (χ3v) is 7.34. The molecule has 0 atom stereocenters. The number of benzene rings is 2. The second-order valence-electron chi connectivity index (χ2n) is 7.23. The first-order valence-electron chi connectivity index (χ1n) is 9.69. The molecule has 0 bridgehead atoms. The van der Waals surface area contributed by atoms with E-state index in [2.05, 4.69) is 26.0 Å². The smallest absolute Gasteiger partial charge is 0.254 e. The van der Waals surface area contributed by atoms with Crippen LogP contribution < -0.4 is 10.0 Å². The summed E-state index contributed by atoms with van der Waals surface area (Å²) in [5.41, 5.74) is 0.414. The van der Waals surface area contributed by atoms with Gasteiger partial charge in [0.2, 0.25) is 10.0 Å². The molecule has 2 aromatic rings. The topological polar surface area (TPSA) is 84.5 Å². The van der Waals surface area contributed by atoms with Crippen LogP contribution in [-0.4, -0.2) is 40.6 Å². The van der Waals surface area contributed by atoms with Crippen LogP contribution >= 0.6 is 15.9 Å². The first-order chi connectivity index (χ1) is 14.3. The van der Waals surface area contributed by atoms with Gasteiger partial charge in [-0.2, -0.15) is 0 Å². The van der Waals surface area contributed by atoms with Crippen molar-refractivity contribution < 1.29 is 22.3 Å². The van der Waals surface area contributed by atoms with Gasteiger partial charge in [0, 0.05) is 36.2 Å². The monoisotopic (exact) mass is 498 g/mol. The number of rotatable bonds is 7. The summed E-state index contributed by atoms with van der Waals surface area (Å²) in [6.45, 7) is 3.25. The molecule has 1 amide bonds. The Morgan fingerprint density at radius 3 is 2.60 bits per heavy atom. The summed E-state index contributed by atoms with van der Waals surface area (Å²) >= 11 is 3.49. The number of carbonyl (C=O) groups excluding carboxylic acids is 1. The fourth-order valence-electron chi connectivity index (χ4n) is 3.61. The molecule has 2 N–H and O–H groups in total. The second-order valence-corrected chi connectivity index (χ2v) is 9.91. The Balaban J connectivity index is 1.84. The summed E-state index contributed by atoms with van der Waals surface area (Å²) in [5.74, 6) is -1.42. The van der Waals surface area contributed by atoms with E-state index in [0.29, 0.717) is 26.1 Å². The fraction of sp³-hybridized carbons (Fsp3) is 0.381. The zero-order valence-corrected chi connectivity index (χ0v) is 19.0. The van der Waals surface area contributed by atoms with Gasteiger partial charge in [-0.05, 0) is 48.7 Å². The van der Waals surface area contributed by atoms with Crippen molar-refractivity contribution in [1.29, 1.82) is 0 Å². The van der Waals surface area contributed by atoms with Crippen molar-refractivity contribution in [3.8, 4) is 0 Å². The van der Waals surface area contributed by atoms with E-state index in [4.69, 9.17) is 4.74 Å². The van der Waals surface area contributed by atoms with Crippen molar-refractivity contribution in [2.75, 3.05) is 26.3 Å². The quantitative estimate of drug-likeness (QED) is 0.612. The Kier molecular flexibility index (Phi) is 7.28. The zero-order chi connectivity index (χ0) is 21.8. The molecule has 162 valence electrons. The summed E-state index contributed by atoms with van der Waals surface area (Å²) in [6.07, 6.45) is 1.42. The van der Waals surface area contributed by atoms with Gasteiger partial charge >= 0.3 is 0 Å². The molecule has 6 nitrogen and oxygen atoms in total. The Bertz CT molecular complexity index is 1020. The van der Waals surface area contributed by atoms with Crippen LogP contribution in [0.1, 0.15) is 35.7 Å². The van der Waals surface area contributed by atoms with Crippen molar-refractivity contribution in [1.82, 2.24) is 10.0 Å². The molecule has 1 fully saturated rings. The fourth-order valence-corrected chi connectivity index (χ4v) is 5.08. The van der Waals surface area contributed by atoms with Crippen LogP contribution in [0.4, 0.5) is 4.39 Å². The highest BCUT2D eigenvalue weighted by atomic mass is 79.9. The normalized spacial score (nSPS) is 16.2. The van der Waals surface area contributed by atoms with Gasteiger partial charge in [0.05, 0.1) is 10.5 Å². The van der Waals surface area contributed by atoms with E-state index in [1.165, 1.54) is 0 Å². The lowest BCUT2D eigenvalue weighted by Gasteiger charge is -2.38. The highest BCUT2D eigenvalue weighted by Crippen LogP contribution is 2.35. The Morgan fingerprint density at radius 2 is 1.93 bits per heavy atom. The van der Waals surface area contributed by atoms with Crippen LogP contribution in [0, 0.1) is 5.82 Å². The van der Waals surface area contributed by atoms with Gasteiger partial charge in [0.1, 0.15) is 5.82 Å². The minimum absolute atomic E-state index is 0.149. The second kappa shape index (κ2) is 9.55. The van der Waals surface area contributed by atoms with Crippen molar-refractivity contribution in [2.45, 2.75) is 30.1 Å². The van der Waals surface area contributed by atoms with Gasteiger partial charge in [0.25, 0.3) is 5.91 Å². The highest BCUT2D eigenvalue weighted by molar-refractivity contribution is 9.10. The average Bonchev–Trinajstić information content (AvgIpc) is 2.73. The van der Waals surface area contributed by atoms with Crippen LogP contribution in [0.15, 0.2) is 51.8 Å². The van der Waals surface area contributed by atoms with E-state index in [1.807, 2.05) is 24.3 Å². The molecule has 0 aromatic heterocycles. The summed E-state index contributed by atoms with van der Waals surface area (Å²) < 4.78 is 47.5. The maximum Gasteiger partial charge on any atom is 0.254 e. The number of halogens is 2. The minimum Gasteiger partial charge on any atom is -0.381 e. The van der Waals surface area contributed by atoms with Gasteiger partial charge in [-0.3, -0.25) is 4.79 Å². The number of hydrogen-bond donors (Lipinski definition) is 2. The number of sulfonamides is 1. The number of ether oxygens (including phenoxy) is 1. The molecule has 9 heteroatoms. The van der Waals surface area contributed by atoms with Crippen LogP contribution in [-0.2, 0) is 20.2 Å². The zero-order valence-electron chi connectivity index (χ0n) is 16.6. The summed E-state index contributed by atoms with van der Waals surface area (Å²) in [7, 11) is -3.80. The number of nitrogens with one attached hydrogen (secondary N) is 2. The van der Waals surface area contributed by atoms with Crippen molar-refractivity contribution in [3.05, 3.63) is 63.9 Å². The van der Waals surface area contributed by atoms with Gasteiger partial charge in [-0.25, -0.2) is 17.5 Å². The summed E-state index contributed by atoms with van der Waals surface area (Å²) in [4.78, 5) is 12.6. The van der Waals surface area contributed by atoms with Crippen LogP contribution in [0.25, 0.3) is 0 Å². The third-order valence-electron chi connectivity index (χ3n) is 5.30. The van der Waals surface area contributed by atoms with E-state index in [-0.39, 0.29) is 29.0 Å². The van der Waals surface area contributed by atoms with Gasteiger partial charge in [-0.1, -0.05) is 35.0 Å². The van der Waals surface area contributed by atoms with Crippen molar-refractivity contribution in [3.63, 3.8) is 0 Å². The lowest BCUT2D eigenvalue weighted by atomic mass is 9.74. The van der Waals surface area contributed by atoms with E-state index in [9.17, 15) is 17.6 Å². The van der Waals surface area contributed by atoms with E-state index >= 15 is 0 Å². The molecule has 1 heterocycles. The van der Waals surface area contributed by atoms with Crippen molar-refractivity contribution in [2.24, 2.45) is 0 Å². The molecule has 1 aliphatic rings. The maximum atomic E-state index is 14.3. The summed E-state index contributed by atoms with van der Waals surface area (Å²) in [6, 6.07) is 11.1. The largest absolute Gasteiger partial charge is 0.381 e. The lowest BCUT2D eigenvalue weighted by molar-refractivity contribution is 0.0486. The molecule has 30 heavy (non-hydrogen) atoms. The number of amides is 1. The summed E-state index contributed by atoms with van der Waals surface area (Å²) in [5, 5.41) is 2.81. The first-order valence-corrected chi connectivity index (χ1v) is 12.0. The average molecular weight is 499 g/mol. The molecule has 0 unspecified atom stereocenters. The van der Waals surface area contributed by atoms with Crippen molar-refractivity contribution >= 4 is 31.9 Å². The van der Waals surface area contributed by atoms with Crippen LogP contribution in [0.2, 0.25) is 0 Å². The number of hydrogen-bond acceptors (Lipinski definition) is 4. The molecular formula is C21H24BrFN2O4S. The Labute approximate surface area is 184 Å². The molecular weight excluding hydrogens is 475 g/mol. The number of carbonyl (C=O) groups is 1. The van der Waals surface area contributed by atoms with Gasteiger partial charge < -0.3 is 10.1 Å². The highest BCUT2D eigenvalue weighted by Gasteiger charge is 2.35. The van der Waals surface area contributed by atoms with E-state index in [0.717, 1.165) is 28.2 Å². The Morgan fingerprint density at radius 1 is 1.20 bits per heavy atom. The molecule has 3 rings (SSSR count). The predicted molar refractivity (Wildman–Crippen MR) is 115 cm³/mol. The third kappa shape index (κ3) is 5.08. The van der Waals surface area contributed by atoms with Crippen LogP contribution in [0.3, 0.4) is 0 Å².